The fraction of sp³-hybridized carbons (Fsp3) is 0.250. The minimum Gasteiger partial charge on any atom is -0.507 e. The number of phenols is 1. The molecule has 0 radical (unpaired) electrons. The molecule has 144 valence electrons. The Morgan fingerprint density at radius 2 is 2.14 bits per heavy atom. The van der Waals surface area contributed by atoms with Crippen LogP contribution in [-0.4, -0.2) is 35.8 Å². The summed E-state index contributed by atoms with van der Waals surface area (Å²) in [6, 6.07) is 9.44. The molecule has 0 saturated carbocycles. The Balaban J connectivity index is 1.52. The molecule has 1 aliphatic carbocycles. The summed E-state index contributed by atoms with van der Waals surface area (Å²) in [4.78, 5) is 25.9. The topological polar surface area (TPSA) is 91.2 Å². The van der Waals surface area contributed by atoms with E-state index < -0.39 is 11.7 Å². The highest BCUT2D eigenvalue weighted by Crippen LogP contribution is 2.39. The summed E-state index contributed by atoms with van der Waals surface area (Å²) < 4.78 is 19.4. The number of hydrogen-bond acceptors (Lipinski definition) is 5. The first kappa shape index (κ1) is 18.0. The van der Waals surface area contributed by atoms with Crippen LogP contribution in [0, 0.1) is 5.82 Å². The number of fused-ring (bicyclic) bond motifs is 2. The first-order chi connectivity index (χ1) is 13.5. The largest absolute Gasteiger partial charge is 0.507 e. The van der Waals surface area contributed by atoms with E-state index >= 15 is 0 Å². The molecule has 0 aromatic heterocycles. The summed E-state index contributed by atoms with van der Waals surface area (Å²) >= 11 is 0. The van der Waals surface area contributed by atoms with Gasteiger partial charge in [0.25, 0.3) is 11.8 Å². The third-order valence-corrected chi connectivity index (χ3v) is 4.88. The second-order valence-corrected chi connectivity index (χ2v) is 6.79. The molecule has 0 spiro atoms. The van der Waals surface area contributed by atoms with Gasteiger partial charge in [-0.15, -0.1) is 0 Å². The maximum Gasteiger partial charge on any atom is 0.265 e. The average Bonchev–Trinajstić information content (AvgIpc) is 3.03. The number of hydrazone groups is 1. The SMILES string of the molecule is C[C@H]1C/C(=N\NC(=O)CN2C(=O)COc3ccccc32)c2c(O)ccc(F)c21. The van der Waals surface area contributed by atoms with Gasteiger partial charge in [-0.3, -0.25) is 14.5 Å². The van der Waals surface area contributed by atoms with E-state index in [0.29, 0.717) is 34.7 Å². The van der Waals surface area contributed by atoms with Gasteiger partial charge in [0.1, 0.15) is 23.9 Å². The van der Waals surface area contributed by atoms with Crippen molar-refractivity contribution in [3.63, 3.8) is 0 Å². The van der Waals surface area contributed by atoms with E-state index in [4.69, 9.17) is 4.74 Å². The molecule has 1 heterocycles. The number of aromatic hydroxyl groups is 1. The predicted octanol–water partition coefficient (Wildman–Crippen LogP) is 2.28. The molecule has 0 unspecified atom stereocenters. The number of nitrogens with one attached hydrogen (secondary N) is 1. The number of nitrogens with zero attached hydrogens (tertiary/aromatic N) is 2. The molecule has 2 aromatic carbocycles. The van der Waals surface area contributed by atoms with Gasteiger partial charge < -0.3 is 9.84 Å². The van der Waals surface area contributed by atoms with E-state index in [2.05, 4.69) is 10.5 Å². The molecule has 2 N–H and O–H groups in total. The van der Waals surface area contributed by atoms with Crippen LogP contribution in [0.4, 0.5) is 10.1 Å². The van der Waals surface area contributed by atoms with Gasteiger partial charge >= 0.3 is 0 Å². The zero-order valence-electron chi connectivity index (χ0n) is 15.1. The van der Waals surface area contributed by atoms with Gasteiger partial charge in [0.15, 0.2) is 6.61 Å². The molecular weight excluding hydrogens is 365 g/mol. The van der Waals surface area contributed by atoms with Gasteiger partial charge in [-0.2, -0.15) is 5.10 Å². The highest BCUT2D eigenvalue weighted by Gasteiger charge is 2.31. The number of anilines is 1. The van der Waals surface area contributed by atoms with Gasteiger partial charge in [0, 0.05) is 11.1 Å². The van der Waals surface area contributed by atoms with Crippen LogP contribution in [0.3, 0.4) is 0 Å². The number of amides is 2. The Hall–Kier alpha value is -3.42. The Bertz CT molecular complexity index is 1000. The number of benzene rings is 2. The van der Waals surface area contributed by atoms with E-state index in [1.165, 1.54) is 17.0 Å². The molecule has 4 rings (SSSR count). The molecule has 8 heteroatoms. The zero-order valence-corrected chi connectivity index (χ0v) is 15.1. The summed E-state index contributed by atoms with van der Waals surface area (Å²) in [5.74, 6) is -0.959. The molecule has 1 atom stereocenters. The van der Waals surface area contributed by atoms with E-state index in [0.717, 1.165) is 0 Å². The highest BCUT2D eigenvalue weighted by molar-refractivity contribution is 6.08. The van der Waals surface area contributed by atoms with Gasteiger partial charge in [0.05, 0.1) is 11.4 Å². The van der Waals surface area contributed by atoms with Gasteiger partial charge in [0.2, 0.25) is 0 Å². The Morgan fingerprint density at radius 1 is 1.36 bits per heavy atom. The minimum atomic E-state index is -0.505. The number of rotatable bonds is 3. The summed E-state index contributed by atoms with van der Waals surface area (Å²) in [6.07, 6.45) is 0.392. The number of para-hydroxylation sites is 2. The fourth-order valence-electron chi connectivity index (χ4n) is 3.60. The Morgan fingerprint density at radius 3 is 2.96 bits per heavy atom. The highest BCUT2D eigenvalue weighted by atomic mass is 19.1. The lowest BCUT2D eigenvalue weighted by molar-refractivity contribution is -0.125. The van der Waals surface area contributed by atoms with Crippen molar-refractivity contribution >= 4 is 23.2 Å². The lowest BCUT2D eigenvalue weighted by atomic mass is 10.0. The number of ether oxygens (including phenoxy) is 1. The van der Waals surface area contributed by atoms with Crippen LogP contribution in [0.2, 0.25) is 0 Å². The Labute approximate surface area is 160 Å². The van der Waals surface area contributed by atoms with Crippen LogP contribution in [0.5, 0.6) is 11.5 Å². The van der Waals surface area contributed by atoms with Crippen LogP contribution >= 0.6 is 0 Å². The van der Waals surface area contributed by atoms with Gasteiger partial charge in [-0.25, -0.2) is 9.82 Å². The molecule has 2 aliphatic rings. The lowest BCUT2D eigenvalue weighted by Crippen LogP contribution is -2.44. The predicted molar refractivity (Wildman–Crippen MR) is 100 cm³/mol. The summed E-state index contributed by atoms with van der Waals surface area (Å²) in [7, 11) is 0. The van der Waals surface area contributed by atoms with E-state index in [1.807, 2.05) is 6.92 Å². The van der Waals surface area contributed by atoms with Crippen molar-refractivity contribution < 1.29 is 23.8 Å². The zero-order chi connectivity index (χ0) is 19.8. The quantitative estimate of drug-likeness (QED) is 0.796. The van der Waals surface area contributed by atoms with Crippen molar-refractivity contribution in [1.82, 2.24) is 5.43 Å². The molecule has 2 aromatic rings. The van der Waals surface area contributed by atoms with Crippen molar-refractivity contribution in [2.24, 2.45) is 5.10 Å². The fourth-order valence-corrected chi connectivity index (χ4v) is 3.60. The summed E-state index contributed by atoms with van der Waals surface area (Å²) in [5.41, 5.74) is 4.05. The van der Waals surface area contributed by atoms with Gasteiger partial charge in [-0.1, -0.05) is 19.1 Å². The average molecular weight is 383 g/mol. The van der Waals surface area contributed by atoms with Crippen LogP contribution < -0.4 is 15.1 Å². The normalized spacial score (nSPS) is 19.2. The standard InChI is InChI=1S/C20H18FN3O4/c1-11-8-13(20-15(25)7-6-12(21)19(11)20)22-23-17(26)9-24-14-4-2-3-5-16(14)28-10-18(24)27/h2-7,11,25H,8-10H2,1H3,(H,23,26)/b22-13+/t11-/m0/s1. The third kappa shape index (κ3) is 3.06. The van der Waals surface area contributed by atoms with E-state index in [-0.39, 0.29) is 30.7 Å². The Kier molecular flexibility index (Phi) is 4.46. The van der Waals surface area contributed by atoms with Crippen molar-refractivity contribution in [2.45, 2.75) is 19.3 Å². The van der Waals surface area contributed by atoms with Crippen molar-refractivity contribution in [3.05, 3.63) is 53.3 Å². The second kappa shape index (κ2) is 6.95. The molecule has 28 heavy (non-hydrogen) atoms. The molecule has 2 amide bonds. The van der Waals surface area contributed by atoms with Crippen molar-refractivity contribution in [2.75, 3.05) is 18.1 Å². The van der Waals surface area contributed by atoms with Crippen LogP contribution in [0.15, 0.2) is 41.5 Å². The molecule has 7 nitrogen and oxygen atoms in total. The molecular formula is C20H18FN3O4. The van der Waals surface area contributed by atoms with Crippen LogP contribution in [0.1, 0.15) is 30.4 Å². The third-order valence-electron chi connectivity index (χ3n) is 4.88. The minimum absolute atomic E-state index is 0.0777. The molecule has 0 bridgehead atoms. The number of hydrogen-bond donors (Lipinski definition) is 2. The maximum atomic E-state index is 14.1. The number of carbonyl (C=O) groups excluding carboxylic acids is 2. The first-order valence-corrected chi connectivity index (χ1v) is 8.85. The van der Waals surface area contributed by atoms with Crippen molar-refractivity contribution in [1.29, 1.82) is 0 Å². The maximum absolute atomic E-state index is 14.1. The summed E-state index contributed by atoms with van der Waals surface area (Å²) in [6.45, 7) is 1.46. The van der Waals surface area contributed by atoms with Gasteiger partial charge in [-0.05, 0) is 36.6 Å². The smallest absolute Gasteiger partial charge is 0.265 e. The molecule has 1 aliphatic heterocycles. The lowest BCUT2D eigenvalue weighted by Gasteiger charge is -2.28. The summed E-state index contributed by atoms with van der Waals surface area (Å²) in [5, 5.41) is 14.2. The number of carbonyl (C=O) groups is 2. The number of phenolic OH excluding ortho intramolecular Hbond substituents is 1. The second-order valence-electron chi connectivity index (χ2n) is 6.79. The van der Waals surface area contributed by atoms with Crippen molar-refractivity contribution in [3.8, 4) is 11.5 Å². The molecule has 0 fully saturated rings. The van der Waals surface area contributed by atoms with Crippen LogP contribution in [-0.2, 0) is 9.59 Å². The van der Waals surface area contributed by atoms with E-state index in [1.54, 1.807) is 24.3 Å². The van der Waals surface area contributed by atoms with Crippen LogP contribution in [0.25, 0.3) is 0 Å². The first-order valence-electron chi connectivity index (χ1n) is 8.85. The number of halogens is 1. The van der Waals surface area contributed by atoms with E-state index in [9.17, 15) is 19.1 Å². The monoisotopic (exact) mass is 383 g/mol. The molecule has 0 saturated heterocycles.